The predicted molar refractivity (Wildman–Crippen MR) is 78.0 cm³/mol. The first kappa shape index (κ1) is 15.5. The number of carbonyl (C=O) groups excluding carboxylic acids is 2. The fourth-order valence-corrected chi connectivity index (χ4v) is 2.83. The zero-order valence-electron chi connectivity index (χ0n) is 12.2. The quantitative estimate of drug-likeness (QED) is 0.890. The Bertz CT molecular complexity index is 551. The van der Waals surface area contributed by atoms with Crippen LogP contribution in [0.4, 0.5) is 4.39 Å². The van der Waals surface area contributed by atoms with E-state index in [1.807, 2.05) is 0 Å². The largest absolute Gasteiger partial charge is 0.368 e. The summed E-state index contributed by atoms with van der Waals surface area (Å²) in [5, 5.41) is 2.78. The zero-order valence-corrected chi connectivity index (χ0v) is 12.2. The summed E-state index contributed by atoms with van der Waals surface area (Å²) in [4.78, 5) is 23.9. The molecule has 0 radical (unpaired) electrons. The molecule has 1 aromatic carbocycles. The average Bonchev–Trinajstić information content (AvgIpc) is 2.43. The Hall–Kier alpha value is -1.91. The predicted octanol–water partition coefficient (Wildman–Crippen LogP) is 1.98. The fraction of sp³-hybridized carbons (Fsp3) is 0.500. The molecular formula is C16H21FN2O2. The Morgan fingerprint density at radius 3 is 2.52 bits per heavy atom. The number of nitrogens with two attached hydrogens (primary N) is 1. The first-order chi connectivity index (χ1) is 9.93. The normalized spacial score (nSPS) is 17.2. The zero-order chi connectivity index (χ0) is 15.5. The van der Waals surface area contributed by atoms with Gasteiger partial charge in [0.05, 0.1) is 6.42 Å². The Balaban J connectivity index is 2.05. The Morgan fingerprint density at radius 1 is 1.29 bits per heavy atom. The van der Waals surface area contributed by atoms with Crippen LogP contribution in [-0.4, -0.2) is 17.4 Å². The van der Waals surface area contributed by atoms with Crippen molar-refractivity contribution in [2.75, 3.05) is 0 Å². The molecule has 2 rings (SSSR count). The maximum atomic E-state index is 13.5. The second-order valence-corrected chi connectivity index (χ2v) is 5.82. The SMILES string of the molecule is Cc1ccc(CC(=O)NC2(C(N)=O)CCCCC2)cc1F. The highest BCUT2D eigenvalue weighted by Crippen LogP contribution is 2.28. The number of aryl methyl sites for hydroxylation is 1. The number of primary amides is 1. The van der Waals surface area contributed by atoms with Gasteiger partial charge in [-0.3, -0.25) is 9.59 Å². The lowest BCUT2D eigenvalue weighted by molar-refractivity contribution is -0.132. The molecule has 1 aliphatic carbocycles. The monoisotopic (exact) mass is 292 g/mol. The van der Waals surface area contributed by atoms with Crippen molar-refractivity contribution in [3.63, 3.8) is 0 Å². The summed E-state index contributed by atoms with van der Waals surface area (Å²) in [6.45, 7) is 1.67. The van der Waals surface area contributed by atoms with Crippen molar-refractivity contribution in [1.29, 1.82) is 0 Å². The number of carbonyl (C=O) groups is 2. The van der Waals surface area contributed by atoms with Crippen molar-refractivity contribution in [3.8, 4) is 0 Å². The molecule has 0 unspecified atom stereocenters. The Labute approximate surface area is 123 Å². The number of halogens is 1. The highest BCUT2D eigenvalue weighted by atomic mass is 19.1. The molecule has 21 heavy (non-hydrogen) atoms. The minimum atomic E-state index is -0.932. The van der Waals surface area contributed by atoms with Crippen molar-refractivity contribution >= 4 is 11.8 Å². The van der Waals surface area contributed by atoms with Gasteiger partial charge in [-0.2, -0.15) is 0 Å². The van der Waals surface area contributed by atoms with Crippen LogP contribution < -0.4 is 11.1 Å². The summed E-state index contributed by atoms with van der Waals surface area (Å²) in [5.74, 6) is -1.10. The summed E-state index contributed by atoms with van der Waals surface area (Å²) < 4.78 is 13.5. The minimum Gasteiger partial charge on any atom is -0.368 e. The standard InChI is InChI=1S/C16H21FN2O2/c1-11-5-6-12(9-13(11)17)10-14(20)19-16(15(18)21)7-3-2-4-8-16/h5-6,9H,2-4,7-8,10H2,1H3,(H2,18,21)(H,19,20). The average molecular weight is 292 g/mol. The van der Waals surface area contributed by atoms with Gasteiger partial charge in [-0.25, -0.2) is 4.39 Å². The maximum Gasteiger partial charge on any atom is 0.243 e. The molecule has 1 fully saturated rings. The van der Waals surface area contributed by atoms with Crippen LogP contribution in [0.1, 0.15) is 43.2 Å². The van der Waals surface area contributed by atoms with Crippen molar-refractivity contribution in [1.82, 2.24) is 5.32 Å². The second kappa shape index (κ2) is 6.24. The molecule has 1 saturated carbocycles. The van der Waals surface area contributed by atoms with Crippen molar-refractivity contribution in [3.05, 3.63) is 35.1 Å². The van der Waals surface area contributed by atoms with Crippen molar-refractivity contribution in [2.45, 2.75) is 51.0 Å². The van der Waals surface area contributed by atoms with Crippen LogP contribution in [0.25, 0.3) is 0 Å². The van der Waals surface area contributed by atoms with Crippen molar-refractivity contribution in [2.24, 2.45) is 5.73 Å². The third-order valence-corrected chi connectivity index (χ3v) is 4.16. The lowest BCUT2D eigenvalue weighted by Gasteiger charge is -2.35. The summed E-state index contributed by atoms with van der Waals surface area (Å²) in [7, 11) is 0. The van der Waals surface area contributed by atoms with Gasteiger partial charge in [0, 0.05) is 0 Å². The smallest absolute Gasteiger partial charge is 0.243 e. The molecular weight excluding hydrogens is 271 g/mol. The van der Waals surface area contributed by atoms with Gasteiger partial charge >= 0.3 is 0 Å². The molecule has 4 nitrogen and oxygen atoms in total. The van der Waals surface area contributed by atoms with E-state index < -0.39 is 11.4 Å². The van der Waals surface area contributed by atoms with Crippen LogP contribution in [-0.2, 0) is 16.0 Å². The number of rotatable bonds is 4. The first-order valence-corrected chi connectivity index (χ1v) is 7.29. The van der Waals surface area contributed by atoms with E-state index in [9.17, 15) is 14.0 Å². The number of nitrogens with one attached hydrogen (secondary N) is 1. The van der Waals surface area contributed by atoms with E-state index in [-0.39, 0.29) is 18.1 Å². The number of benzene rings is 1. The lowest BCUT2D eigenvalue weighted by Crippen LogP contribution is -2.58. The van der Waals surface area contributed by atoms with Gasteiger partial charge in [-0.05, 0) is 37.0 Å². The van der Waals surface area contributed by atoms with E-state index in [4.69, 9.17) is 5.73 Å². The highest BCUT2D eigenvalue weighted by molar-refractivity contribution is 5.91. The molecule has 1 aliphatic rings. The molecule has 0 bridgehead atoms. The number of hydrogen-bond donors (Lipinski definition) is 2. The van der Waals surface area contributed by atoms with Gasteiger partial charge in [-0.15, -0.1) is 0 Å². The van der Waals surface area contributed by atoms with Crippen LogP contribution in [0.15, 0.2) is 18.2 Å². The van der Waals surface area contributed by atoms with E-state index >= 15 is 0 Å². The molecule has 5 heteroatoms. The van der Waals surface area contributed by atoms with Crippen LogP contribution >= 0.6 is 0 Å². The summed E-state index contributed by atoms with van der Waals surface area (Å²) >= 11 is 0. The molecule has 0 saturated heterocycles. The van der Waals surface area contributed by atoms with E-state index in [2.05, 4.69) is 5.32 Å². The van der Waals surface area contributed by atoms with Crippen LogP contribution in [0, 0.1) is 12.7 Å². The first-order valence-electron chi connectivity index (χ1n) is 7.29. The molecule has 114 valence electrons. The van der Waals surface area contributed by atoms with Gasteiger partial charge in [0.1, 0.15) is 11.4 Å². The second-order valence-electron chi connectivity index (χ2n) is 5.82. The summed E-state index contributed by atoms with van der Waals surface area (Å²) in [5.41, 5.74) is 5.67. The van der Waals surface area contributed by atoms with Gasteiger partial charge < -0.3 is 11.1 Å². The molecule has 2 amide bonds. The van der Waals surface area contributed by atoms with Gasteiger partial charge in [0.15, 0.2) is 0 Å². The van der Waals surface area contributed by atoms with Crippen molar-refractivity contribution < 1.29 is 14.0 Å². The van der Waals surface area contributed by atoms with Crippen LogP contribution in [0.2, 0.25) is 0 Å². The summed E-state index contributed by atoms with van der Waals surface area (Å²) in [6, 6.07) is 4.71. The summed E-state index contributed by atoms with van der Waals surface area (Å²) in [6.07, 6.45) is 4.01. The molecule has 0 aromatic heterocycles. The van der Waals surface area contributed by atoms with E-state index in [1.165, 1.54) is 6.07 Å². The molecule has 0 spiro atoms. The van der Waals surface area contributed by atoms with E-state index in [1.54, 1.807) is 19.1 Å². The number of amides is 2. The van der Waals surface area contributed by atoms with Gasteiger partial charge in [0.25, 0.3) is 0 Å². The third-order valence-electron chi connectivity index (χ3n) is 4.16. The topological polar surface area (TPSA) is 72.2 Å². The van der Waals surface area contributed by atoms with Crippen LogP contribution in [0.3, 0.4) is 0 Å². The highest BCUT2D eigenvalue weighted by Gasteiger charge is 2.39. The molecule has 0 aliphatic heterocycles. The minimum absolute atomic E-state index is 0.0478. The van der Waals surface area contributed by atoms with Crippen LogP contribution in [0.5, 0.6) is 0 Å². The van der Waals surface area contributed by atoms with E-state index in [0.29, 0.717) is 24.0 Å². The molecule has 3 N–H and O–H groups in total. The fourth-order valence-electron chi connectivity index (χ4n) is 2.83. The van der Waals surface area contributed by atoms with E-state index in [0.717, 1.165) is 19.3 Å². The van der Waals surface area contributed by atoms with Gasteiger partial charge in [-0.1, -0.05) is 31.4 Å². The number of hydrogen-bond acceptors (Lipinski definition) is 2. The Kier molecular flexibility index (Phi) is 4.60. The third kappa shape index (κ3) is 3.60. The Morgan fingerprint density at radius 2 is 1.95 bits per heavy atom. The maximum absolute atomic E-state index is 13.5. The molecule has 1 aromatic rings. The van der Waals surface area contributed by atoms with Gasteiger partial charge in [0.2, 0.25) is 11.8 Å². The lowest BCUT2D eigenvalue weighted by atomic mass is 9.81. The molecule has 0 heterocycles. The molecule has 0 atom stereocenters.